The minimum Gasteiger partial charge on any atom is -0.462 e. The quantitative estimate of drug-likeness (QED) is 0.189. The molecule has 0 amide bonds. The van der Waals surface area contributed by atoms with E-state index in [1.807, 2.05) is 6.07 Å². The second-order valence-corrected chi connectivity index (χ2v) is 12.0. The van der Waals surface area contributed by atoms with E-state index in [9.17, 15) is 14.5 Å². The monoisotopic (exact) mass is 596 g/mol. The number of carbonyl (C=O) groups is 1. The van der Waals surface area contributed by atoms with Crippen LogP contribution in [0.3, 0.4) is 0 Å². The molecule has 0 radical (unpaired) electrons. The Kier molecular flexibility index (Phi) is 9.54. The third kappa shape index (κ3) is 6.51. The molecule has 0 spiro atoms. The molecule has 1 aromatic carbocycles. The summed E-state index contributed by atoms with van der Waals surface area (Å²) in [5, 5.41) is 10.6. The van der Waals surface area contributed by atoms with Gasteiger partial charge in [0.25, 0.3) is 0 Å². The zero-order valence-corrected chi connectivity index (χ0v) is 24.3. The smallest absolute Gasteiger partial charge is 0.462 e. The molecule has 1 aliphatic rings. The van der Waals surface area contributed by atoms with Gasteiger partial charge in [0.05, 0.1) is 12.4 Å². The first-order chi connectivity index (χ1) is 19.0. The molecule has 216 valence electrons. The number of ether oxygens (including phenoxy) is 2. The SMILES string of the molecule is CC(C)OC(=O)[C@@H](C)N(Sc1ccccc1)[P+](=O)OC[C@H]1O[C@@H](n2cnc3c(N(C)C)nc(N)nc32)[C@H](F)[C@@H]1O. The van der Waals surface area contributed by atoms with Gasteiger partial charge in [0, 0.05) is 35.0 Å². The van der Waals surface area contributed by atoms with Crippen LogP contribution < -0.4 is 10.6 Å². The van der Waals surface area contributed by atoms with Crippen molar-refractivity contribution in [1.82, 2.24) is 23.6 Å². The van der Waals surface area contributed by atoms with Crippen LogP contribution >= 0.6 is 20.1 Å². The van der Waals surface area contributed by atoms with Gasteiger partial charge < -0.3 is 25.2 Å². The lowest BCUT2D eigenvalue weighted by atomic mass is 10.1. The second-order valence-electron chi connectivity index (χ2n) is 9.53. The van der Waals surface area contributed by atoms with Crippen molar-refractivity contribution in [3.63, 3.8) is 0 Å². The lowest BCUT2D eigenvalue weighted by Crippen LogP contribution is -2.34. The molecule has 40 heavy (non-hydrogen) atoms. The van der Waals surface area contributed by atoms with Gasteiger partial charge in [0.1, 0.15) is 18.8 Å². The summed E-state index contributed by atoms with van der Waals surface area (Å²) in [7, 11) is 0.863. The van der Waals surface area contributed by atoms with Crippen LogP contribution in [0.15, 0.2) is 41.6 Å². The summed E-state index contributed by atoms with van der Waals surface area (Å²) in [5.74, 6) is -0.185. The fourth-order valence-corrected chi connectivity index (χ4v) is 6.13. The van der Waals surface area contributed by atoms with Crippen molar-refractivity contribution in [1.29, 1.82) is 0 Å². The Balaban J connectivity index is 1.50. The zero-order chi connectivity index (χ0) is 29.1. The zero-order valence-electron chi connectivity index (χ0n) is 22.6. The number of aromatic nitrogens is 4. The topological polar surface area (TPSA) is 158 Å². The highest BCUT2D eigenvalue weighted by Crippen LogP contribution is 2.43. The maximum absolute atomic E-state index is 15.3. The molecule has 1 saturated heterocycles. The minimum atomic E-state index is -2.65. The van der Waals surface area contributed by atoms with Crippen molar-refractivity contribution >= 4 is 49.0 Å². The van der Waals surface area contributed by atoms with Gasteiger partial charge in [-0.25, -0.2) is 9.37 Å². The lowest BCUT2D eigenvalue weighted by molar-refractivity contribution is -0.150. The number of halogens is 1. The number of imidazole rings is 1. The molecule has 0 aliphatic carbocycles. The molecule has 3 heterocycles. The number of carbonyl (C=O) groups excluding carboxylic acids is 1. The Morgan fingerprint density at radius 2 is 1.98 bits per heavy atom. The number of fused-ring (bicyclic) bond motifs is 1. The molecule has 4 rings (SSSR count). The second kappa shape index (κ2) is 12.7. The number of nitrogens with zero attached hydrogens (tertiary/aromatic N) is 6. The van der Waals surface area contributed by atoms with Crippen molar-refractivity contribution in [2.45, 2.75) is 62.4 Å². The van der Waals surface area contributed by atoms with E-state index in [1.54, 1.807) is 64.0 Å². The van der Waals surface area contributed by atoms with Gasteiger partial charge >= 0.3 is 14.1 Å². The summed E-state index contributed by atoms with van der Waals surface area (Å²) in [4.78, 5) is 27.7. The van der Waals surface area contributed by atoms with E-state index in [-0.39, 0.29) is 17.7 Å². The third-order valence-corrected chi connectivity index (χ3v) is 8.56. The normalized spacial score (nSPS) is 22.2. The molecule has 0 bridgehead atoms. The van der Waals surface area contributed by atoms with Gasteiger partial charge in [0.15, 0.2) is 35.4 Å². The number of nitrogens with two attached hydrogens (primary N) is 1. The molecular weight excluding hydrogens is 564 g/mol. The van der Waals surface area contributed by atoms with Gasteiger partial charge in [0.2, 0.25) is 5.95 Å². The van der Waals surface area contributed by atoms with E-state index >= 15 is 4.39 Å². The van der Waals surface area contributed by atoms with Crippen LogP contribution in [-0.2, 0) is 23.4 Å². The van der Waals surface area contributed by atoms with Gasteiger partial charge in [-0.05, 0) is 37.5 Å². The number of anilines is 2. The number of benzene rings is 1. The van der Waals surface area contributed by atoms with Crippen LogP contribution in [0, 0.1) is 0 Å². The fraction of sp³-hybridized carbons (Fsp3) is 0.500. The average molecular weight is 597 g/mol. The van der Waals surface area contributed by atoms with E-state index in [1.165, 1.54) is 15.0 Å². The summed E-state index contributed by atoms with van der Waals surface area (Å²) in [6.07, 6.45) is -4.99. The third-order valence-electron chi connectivity index (χ3n) is 5.89. The van der Waals surface area contributed by atoms with E-state index in [0.717, 1.165) is 11.9 Å². The molecule has 13 nitrogen and oxygen atoms in total. The van der Waals surface area contributed by atoms with E-state index in [2.05, 4.69) is 15.0 Å². The van der Waals surface area contributed by atoms with Crippen molar-refractivity contribution in [2.75, 3.05) is 31.3 Å². The first-order valence-electron chi connectivity index (χ1n) is 12.5. The van der Waals surface area contributed by atoms with E-state index in [0.29, 0.717) is 16.2 Å². The molecule has 2 aromatic heterocycles. The number of rotatable bonds is 11. The maximum atomic E-state index is 15.3. The Bertz CT molecular complexity index is 1350. The molecular formula is C24H32FN7O6PS+. The van der Waals surface area contributed by atoms with Crippen LogP contribution in [0.1, 0.15) is 27.0 Å². The van der Waals surface area contributed by atoms with Crippen molar-refractivity contribution in [3.05, 3.63) is 36.7 Å². The fourth-order valence-electron chi connectivity index (χ4n) is 3.94. The number of nitrogen functional groups attached to an aromatic ring is 1. The highest BCUT2D eigenvalue weighted by Gasteiger charge is 2.49. The number of hydrogen-bond donors (Lipinski definition) is 2. The molecule has 0 saturated carbocycles. The number of aliphatic hydroxyl groups is 1. The number of aliphatic hydroxyl groups excluding tert-OH is 1. The molecule has 1 aliphatic heterocycles. The number of alkyl halides is 1. The summed E-state index contributed by atoms with van der Waals surface area (Å²) >= 11 is 1.05. The Morgan fingerprint density at radius 1 is 1.27 bits per heavy atom. The largest absolute Gasteiger partial charge is 0.627 e. The van der Waals surface area contributed by atoms with Gasteiger partial charge in [-0.3, -0.25) is 9.36 Å². The molecule has 1 fully saturated rings. The van der Waals surface area contributed by atoms with Crippen molar-refractivity contribution in [2.24, 2.45) is 0 Å². The summed E-state index contributed by atoms with van der Waals surface area (Å²) in [6.45, 7) is 4.55. The predicted octanol–water partition coefficient (Wildman–Crippen LogP) is 3.09. The van der Waals surface area contributed by atoms with Crippen LogP contribution in [0.4, 0.5) is 16.2 Å². The first kappa shape index (κ1) is 30.0. The average Bonchev–Trinajstić information content (AvgIpc) is 3.45. The first-order valence-corrected chi connectivity index (χ1v) is 14.4. The lowest BCUT2D eigenvalue weighted by Gasteiger charge is -2.18. The Morgan fingerprint density at radius 3 is 2.62 bits per heavy atom. The van der Waals surface area contributed by atoms with Crippen molar-refractivity contribution < 1.29 is 32.9 Å². The predicted molar refractivity (Wildman–Crippen MR) is 147 cm³/mol. The summed E-state index contributed by atoms with van der Waals surface area (Å²) < 4.78 is 47.8. The molecule has 3 aromatic rings. The Labute approximate surface area is 235 Å². The highest BCUT2D eigenvalue weighted by molar-refractivity contribution is 8.00. The van der Waals surface area contributed by atoms with Crippen LogP contribution in [0.25, 0.3) is 11.2 Å². The van der Waals surface area contributed by atoms with Gasteiger partial charge in [-0.15, -0.1) is 4.52 Å². The maximum Gasteiger partial charge on any atom is 0.627 e. The molecule has 16 heteroatoms. The minimum absolute atomic E-state index is 0.0371. The molecule has 6 atom stereocenters. The highest BCUT2D eigenvalue weighted by atomic mass is 32.2. The molecule has 1 unspecified atom stereocenters. The van der Waals surface area contributed by atoms with Crippen LogP contribution in [-0.4, -0.2) is 85.9 Å². The Hall–Kier alpha value is -2.94. The number of hydrogen-bond acceptors (Lipinski definition) is 12. The summed E-state index contributed by atoms with van der Waals surface area (Å²) in [6, 6.07) is 8.06. The summed E-state index contributed by atoms with van der Waals surface area (Å²) in [5.41, 5.74) is 6.46. The van der Waals surface area contributed by atoms with Crippen LogP contribution in [0.2, 0.25) is 0 Å². The van der Waals surface area contributed by atoms with Gasteiger partial charge in [-0.2, -0.15) is 9.97 Å². The number of esters is 1. The van der Waals surface area contributed by atoms with Crippen molar-refractivity contribution in [3.8, 4) is 0 Å². The standard InChI is InChI=1S/C24H32FN7O6PS/c1-13(2)37-23(34)14(3)32(40-15-9-7-6-8-10-15)39(35)36-11-16-19(33)17(25)22(38-16)31-12-27-18-20(30(4)5)28-24(26)29-21(18)31/h6-10,12-14,16-17,19,22,33H,11H2,1-5H3,(H2,26,28,29)/q+1/t14-,16-,17-,19-,22-/m1/s1. The molecule has 3 N–H and O–H groups in total. The van der Waals surface area contributed by atoms with E-state index in [4.69, 9.17) is 19.7 Å². The van der Waals surface area contributed by atoms with Crippen LogP contribution in [0.5, 0.6) is 0 Å². The van der Waals surface area contributed by atoms with E-state index < -0.39 is 51.4 Å². The van der Waals surface area contributed by atoms with Gasteiger partial charge in [-0.1, -0.05) is 18.2 Å².